The first kappa shape index (κ1) is 11.9. The Morgan fingerprint density at radius 3 is 2.38 bits per heavy atom. The molecule has 2 atom stereocenters. The molecule has 2 rings (SSSR count). The molecule has 16 heavy (non-hydrogen) atoms. The first-order valence-corrected chi connectivity index (χ1v) is 6.34. The average molecular weight is 226 g/mol. The molecule has 0 spiro atoms. The molecule has 92 valence electrons. The van der Waals surface area contributed by atoms with Crippen molar-refractivity contribution in [3.8, 4) is 0 Å². The van der Waals surface area contributed by atoms with Gasteiger partial charge in [-0.05, 0) is 19.9 Å². The summed E-state index contributed by atoms with van der Waals surface area (Å²) >= 11 is 0. The van der Waals surface area contributed by atoms with Gasteiger partial charge in [-0.3, -0.25) is 9.69 Å². The Hall–Kier alpha value is -0.610. The second-order valence-electron chi connectivity index (χ2n) is 5.14. The molecule has 0 aromatic carbocycles. The summed E-state index contributed by atoms with van der Waals surface area (Å²) in [6.45, 7) is 4.21. The minimum Gasteiger partial charge on any atom is -0.481 e. The van der Waals surface area contributed by atoms with Crippen LogP contribution in [0.3, 0.4) is 0 Å². The predicted octanol–water partition coefficient (Wildman–Crippen LogP) is 0.877. The number of carboxylic acid groups (broad SMARTS) is 1. The molecule has 4 heteroatoms. The topological polar surface area (TPSA) is 43.8 Å². The average Bonchev–Trinajstić information content (AvgIpc) is 2.30. The Morgan fingerprint density at radius 2 is 1.75 bits per heavy atom. The van der Waals surface area contributed by atoms with Gasteiger partial charge in [0.2, 0.25) is 0 Å². The van der Waals surface area contributed by atoms with E-state index in [-0.39, 0.29) is 5.92 Å². The van der Waals surface area contributed by atoms with E-state index < -0.39 is 5.97 Å². The lowest BCUT2D eigenvalue weighted by atomic mass is 9.83. The summed E-state index contributed by atoms with van der Waals surface area (Å²) in [4.78, 5) is 15.9. The molecule has 0 radical (unpaired) electrons. The smallest absolute Gasteiger partial charge is 0.308 e. The third-order valence-corrected chi connectivity index (χ3v) is 4.05. The number of nitrogens with zero attached hydrogens (tertiary/aromatic N) is 2. The third kappa shape index (κ3) is 2.55. The van der Waals surface area contributed by atoms with E-state index in [4.69, 9.17) is 0 Å². The van der Waals surface area contributed by atoms with Crippen LogP contribution >= 0.6 is 0 Å². The molecule has 1 N–H and O–H groups in total. The predicted molar refractivity (Wildman–Crippen MR) is 62.5 cm³/mol. The number of rotatable bonds is 2. The molecular weight excluding hydrogens is 204 g/mol. The summed E-state index contributed by atoms with van der Waals surface area (Å²) in [5.41, 5.74) is 0. The molecule has 2 aliphatic rings. The Bertz CT molecular complexity index is 249. The van der Waals surface area contributed by atoms with Gasteiger partial charge >= 0.3 is 5.97 Å². The largest absolute Gasteiger partial charge is 0.481 e. The number of carbonyl (C=O) groups is 1. The van der Waals surface area contributed by atoms with Crippen molar-refractivity contribution >= 4 is 5.97 Å². The lowest BCUT2D eigenvalue weighted by Crippen LogP contribution is -2.53. The minimum absolute atomic E-state index is 0.128. The number of likely N-dealkylation sites (N-methyl/N-ethyl adjacent to an activating group) is 1. The summed E-state index contributed by atoms with van der Waals surface area (Å²) in [6, 6.07) is 0.292. The van der Waals surface area contributed by atoms with Gasteiger partial charge in [0.1, 0.15) is 0 Å². The zero-order valence-electron chi connectivity index (χ0n) is 10.1. The van der Waals surface area contributed by atoms with E-state index in [1.54, 1.807) is 0 Å². The molecule has 1 aliphatic heterocycles. The van der Waals surface area contributed by atoms with Crippen LogP contribution in [0.15, 0.2) is 0 Å². The van der Waals surface area contributed by atoms with Crippen molar-refractivity contribution in [3.05, 3.63) is 0 Å². The van der Waals surface area contributed by atoms with Crippen LogP contribution in [0.25, 0.3) is 0 Å². The highest BCUT2D eigenvalue weighted by Gasteiger charge is 2.35. The van der Waals surface area contributed by atoms with Gasteiger partial charge in [0.15, 0.2) is 0 Å². The van der Waals surface area contributed by atoms with Crippen molar-refractivity contribution in [2.45, 2.75) is 31.7 Å². The van der Waals surface area contributed by atoms with Crippen LogP contribution in [0.4, 0.5) is 0 Å². The molecule has 0 aromatic rings. The highest BCUT2D eigenvalue weighted by molar-refractivity contribution is 5.71. The number of hydrogen-bond donors (Lipinski definition) is 1. The van der Waals surface area contributed by atoms with Crippen LogP contribution < -0.4 is 0 Å². The first-order chi connectivity index (χ1) is 7.68. The number of aliphatic carboxylic acids is 1. The normalized spacial score (nSPS) is 33.8. The SMILES string of the molecule is CN1CCN([C@@H]2CCCC[C@H]2C(=O)O)CC1. The van der Waals surface area contributed by atoms with Crippen LogP contribution in [-0.2, 0) is 4.79 Å². The number of carboxylic acids is 1. The fourth-order valence-corrected chi connectivity index (χ4v) is 2.99. The van der Waals surface area contributed by atoms with Gasteiger partial charge in [0.25, 0.3) is 0 Å². The quantitative estimate of drug-likeness (QED) is 0.759. The van der Waals surface area contributed by atoms with E-state index >= 15 is 0 Å². The summed E-state index contributed by atoms with van der Waals surface area (Å²) in [6.07, 6.45) is 4.22. The molecule has 0 aromatic heterocycles. The zero-order chi connectivity index (χ0) is 11.5. The number of piperazine rings is 1. The summed E-state index contributed by atoms with van der Waals surface area (Å²) < 4.78 is 0. The lowest BCUT2D eigenvalue weighted by molar-refractivity contribution is -0.146. The van der Waals surface area contributed by atoms with Crippen molar-refractivity contribution in [2.24, 2.45) is 5.92 Å². The molecule has 0 unspecified atom stereocenters. The molecule has 1 aliphatic carbocycles. The van der Waals surface area contributed by atoms with Crippen LogP contribution in [0.5, 0.6) is 0 Å². The van der Waals surface area contributed by atoms with Crippen LogP contribution in [0, 0.1) is 5.92 Å². The molecule has 1 saturated carbocycles. The van der Waals surface area contributed by atoms with E-state index in [0.29, 0.717) is 6.04 Å². The van der Waals surface area contributed by atoms with Gasteiger partial charge in [-0.2, -0.15) is 0 Å². The summed E-state index contributed by atoms with van der Waals surface area (Å²) in [7, 11) is 2.13. The van der Waals surface area contributed by atoms with Crippen LogP contribution in [0.2, 0.25) is 0 Å². The van der Waals surface area contributed by atoms with Crippen molar-refractivity contribution in [1.29, 1.82) is 0 Å². The van der Waals surface area contributed by atoms with Gasteiger partial charge < -0.3 is 10.0 Å². The van der Waals surface area contributed by atoms with Crippen molar-refractivity contribution < 1.29 is 9.90 Å². The maximum Gasteiger partial charge on any atom is 0.308 e. The van der Waals surface area contributed by atoms with E-state index in [1.165, 1.54) is 6.42 Å². The van der Waals surface area contributed by atoms with E-state index in [9.17, 15) is 9.90 Å². The van der Waals surface area contributed by atoms with Gasteiger partial charge in [-0.15, -0.1) is 0 Å². The van der Waals surface area contributed by atoms with Gasteiger partial charge in [0.05, 0.1) is 5.92 Å². The summed E-state index contributed by atoms with van der Waals surface area (Å²) in [5, 5.41) is 9.25. The number of hydrogen-bond acceptors (Lipinski definition) is 3. The molecule has 1 saturated heterocycles. The molecule has 0 amide bonds. The van der Waals surface area contributed by atoms with Crippen molar-refractivity contribution in [1.82, 2.24) is 9.80 Å². The maximum atomic E-state index is 11.2. The van der Waals surface area contributed by atoms with Gasteiger partial charge in [0, 0.05) is 32.2 Å². The zero-order valence-corrected chi connectivity index (χ0v) is 10.1. The maximum absolute atomic E-state index is 11.2. The van der Waals surface area contributed by atoms with Gasteiger partial charge in [-0.25, -0.2) is 0 Å². The standard InChI is InChI=1S/C12H22N2O2/c1-13-6-8-14(9-7-13)11-5-3-2-4-10(11)12(15)16/h10-11H,2-9H2,1H3,(H,15,16)/t10-,11-/m1/s1. The fraction of sp³-hybridized carbons (Fsp3) is 0.917. The van der Waals surface area contributed by atoms with E-state index in [2.05, 4.69) is 16.8 Å². The molecular formula is C12H22N2O2. The Kier molecular flexibility index (Phi) is 3.82. The fourth-order valence-electron chi connectivity index (χ4n) is 2.99. The molecule has 1 heterocycles. The van der Waals surface area contributed by atoms with E-state index in [1.807, 2.05) is 0 Å². The molecule has 2 fully saturated rings. The molecule has 4 nitrogen and oxygen atoms in total. The lowest BCUT2D eigenvalue weighted by Gasteiger charge is -2.42. The molecule has 0 bridgehead atoms. The Labute approximate surface area is 97.2 Å². The first-order valence-electron chi connectivity index (χ1n) is 6.34. The Balaban J connectivity index is 1.97. The highest BCUT2D eigenvalue weighted by atomic mass is 16.4. The highest BCUT2D eigenvalue weighted by Crippen LogP contribution is 2.29. The summed E-state index contributed by atoms with van der Waals surface area (Å²) in [5.74, 6) is -0.721. The van der Waals surface area contributed by atoms with Crippen LogP contribution in [-0.4, -0.2) is 60.1 Å². The van der Waals surface area contributed by atoms with Crippen molar-refractivity contribution in [3.63, 3.8) is 0 Å². The van der Waals surface area contributed by atoms with Crippen LogP contribution in [0.1, 0.15) is 25.7 Å². The Morgan fingerprint density at radius 1 is 1.12 bits per heavy atom. The van der Waals surface area contributed by atoms with Crippen molar-refractivity contribution in [2.75, 3.05) is 33.2 Å². The monoisotopic (exact) mass is 226 g/mol. The second kappa shape index (κ2) is 5.15. The second-order valence-corrected chi connectivity index (χ2v) is 5.14. The minimum atomic E-state index is -0.594. The van der Waals surface area contributed by atoms with E-state index in [0.717, 1.165) is 45.4 Å². The van der Waals surface area contributed by atoms with Gasteiger partial charge in [-0.1, -0.05) is 12.8 Å². The third-order valence-electron chi connectivity index (χ3n) is 4.05.